The first-order valence-electron chi connectivity index (χ1n) is 3.77. The van der Waals surface area contributed by atoms with Crippen LogP contribution in [0.25, 0.3) is 0 Å². The average Bonchev–Trinajstić information content (AvgIpc) is 2.14. The van der Waals surface area contributed by atoms with E-state index in [2.05, 4.69) is 13.5 Å². The van der Waals surface area contributed by atoms with Gasteiger partial charge in [0.2, 0.25) is 0 Å². The third kappa shape index (κ3) is 1.94. The molecule has 2 nitrogen and oxygen atoms in total. The van der Waals surface area contributed by atoms with Crippen LogP contribution in [-0.2, 0) is 9.47 Å². The van der Waals surface area contributed by atoms with Crippen molar-refractivity contribution >= 4 is 0 Å². The van der Waals surface area contributed by atoms with Crippen molar-refractivity contribution in [3.63, 3.8) is 0 Å². The van der Waals surface area contributed by atoms with Gasteiger partial charge in [-0.25, -0.2) is 0 Å². The molecule has 0 aromatic heterocycles. The largest absolute Gasteiger partial charge is 0.466 e. The van der Waals surface area contributed by atoms with Gasteiger partial charge in [0.25, 0.3) is 5.95 Å². The van der Waals surface area contributed by atoms with Crippen molar-refractivity contribution in [1.29, 1.82) is 0 Å². The monoisotopic (exact) mass is 142 g/mol. The highest BCUT2D eigenvalue weighted by atomic mass is 16.7. The third-order valence-electron chi connectivity index (χ3n) is 1.85. The molecule has 1 heterocycles. The summed E-state index contributed by atoms with van der Waals surface area (Å²) in [6.45, 7) is 7.30. The smallest absolute Gasteiger partial charge is 0.271 e. The minimum absolute atomic E-state index is 0.482. The van der Waals surface area contributed by atoms with E-state index in [1.54, 1.807) is 0 Å². The molecule has 0 radical (unpaired) electrons. The predicted octanol–water partition coefficient (Wildman–Crippen LogP) is 1.92. The van der Waals surface area contributed by atoms with Crippen molar-refractivity contribution in [3.05, 3.63) is 12.5 Å². The Balaban J connectivity index is 2.33. The Kier molecular flexibility index (Phi) is 2.60. The van der Waals surface area contributed by atoms with Crippen LogP contribution in [-0.4, -0.2) is 13.2 Å². The summed E-state index contributed by atoms with van der Waals surface area (Å²) in [5.41, 5.74) is 0. The quantitative estimate of drug-likeness (QED) is 0.557. The van der Waals surface area contributed by atoms with E-state index in [4.69, 9.17) is 9.47 Å². The second kappa shape index (κ2) is 3.49. The second-order valence-corrected chi connectivity index (χ2v) is 2.59. The minimum Gasteiger partial charge on any atom is -0.466 e. The number of hydrogen-bond donors (Lipinski definition) is 0. The van der Waals surface area contributed by atoms with Crippen LogP contribution < -0.4 is 0 Å². The molecule has 0 saturated carbocycles. The summed E-state index contributed by atoms with van der Waals surface area (Å²) in [6.07, 6.45) is 2.26. The molecule has 0 bridgehead atoms. The van der Waals surface area contributed by atoms with Crippen LogP contribution >= 0.6 is 0 Å². The summed E-state index contributed by atoms with van der Waals surface area (Å²) in [4.78, 5) is 0. The zero-order valence-corrected chi connectivity index (χ0v) is 6.43. The van der Waals surface area contributed by atoms with Gasteiger partial charge in [0, 0.05) is 0 Å². The lowest BCUT2D eigenvalue weighted by Crippen LogP contribution is -2.05. The first-order valence-corrected chi connectivity index (χ1v) is 3.77. The number of ether oxygens (including phenoxy) is 2. The first kappa shape index (κ1) is 7.45. The lowest BCUT2D eigenvalue weighted by Gasteiger charge is -2.07. The van der Waals surface area contributed by atoms with E-state index in [1.807, 2.05) is 0 Å². The Morgan fingerprint density at radius 1 is 1.60 bits per heavy atom. The lowest BCUT2D eigenvalue weighted by atomic mass is 10.1. The van der Waals surface area contributed by atoms with E-state index < -0.39 is 0 Å². The van der Waals surface area contributed by atoms with Gasteiger partial charge in [-0.15, -0.1) is 0 Å². The Bertz CT molecular complexity index is 120. The molecule has 0 aromatic carbocycles. The van der Waals surface area contributed by atoms with Crippen LogP contribution in [0.1, 0.15) is 19.8 Å². The molecule has 1 fully saturated rings. The maximum absolute atomic E-state index is 5.19. The van der Waals surface area contributed by atoms with E-state index in [-0.39, 0.29) is 0 Å². The van der Waals surface area contributed by atoms with Crippen LogP contribution in [0.15, 0.2) is 12.5 Å². The summed E-state index contributed by atoms with van der Waals surface area (Å²) in [6, 6.07) is 0. The van der Waals surface area contributed by atoms with Crippen LogP contribution in [0.3, 0.4) is 0 Å². The molecule has 0 aromatic rings. The average molecular weight is 142 g/mol. The van der Waals surface area contributed by atoms with Crippen molar-refractivity contribution < 1.29 is 9.47 Å². The first-order chi connectivity index (χ1) is 4.83. The molecular weight excluding hydrogens is 128 g/mol. The van der Waals surface area contributed by atoms with Crippen LogP contribution in [0.5, 0.6) is 0 Å². The molecule has 10 heavy (non-hydrogen) atoms. The van der Waals surface area contributed by atoms with Gasteiger partial charge < -0.3 is 9.47 Å². The molecular formula is C8H14O2. The zero-order valence-electron chi connectivity index (χ0n) is 6.43. The molecule has 1 aliphatic rings. The van der Waals surface area contributed by atoms with Crippen LogP contribution in [0.4, 0.5) is 0 Å². The fourth-order valence-corrected chi connectivity index (χ4v) is 0.997. The van der Waals surface area contributed by atoms with E-state index in [0.717, 1.165) is 26.1 Å². The Morgan fingerprint density at radius 3 is 3.10 bits per heavy atom. The summed E-state index contributed by atoms with van der Waals surface area (Å²) < 4.78 is 10.3. The van der Waals surface area contributed by atoms with Gasteiger partial charge in [0.05, 0.1) is 13.2 Å². The van der Waals surface area contributed by atoms with Crippen molar-refractivity contribution in [2.45, 2.75) is 19.8 Å². The Morgan fingerprint density at radius 2 is 2.40 bits per heavy atom. The maximum atomic E-state index is 5.19. The van der Waals surface area contributed by atoms with Gasteiger partial charge in [-0.1, -0.05) is 6.92 Å². The standard InChI is InChI=1S/C8H14O2/c1-3-8-4-5-9-7(2)10-6-8/h8H,2-6H2,1H3. The summed E-state index contributed by atoms with van der Waals surface area (Å²) in [5.74, 6) is 1.13. The highest BCUT2D eigenvalue weighted by molar-refractivity contribution is 4.72. The van der Waals surface area contributed by atoms with Crippen molar-refractivity contribution in [3.8, 4) is 0 Å². The topological polar surface area (TPSA) is 18.5 Å². The van der Waals surface area contributed by atoms with E-state index in [1.165, 1.54) is 0 Å². The molecule has 58 valence electrons. The number of hydrogen-bond acceptors (Lipinski definition) is 2. The van der Waals surface area contributed by atoms with Gasteiger partial charge in [-0.3, -0.25) is 0 Å². The van der Waals surface area contributed by atoms with Crippen LogP contribution in [0.2, 0.25) is 0 Å². The normalized spacial score (nSPS) is 26.5. The fourth-order valence-electron chi connectivity index (χ4n) is 0.997. The minimum atomic E-state index is 0.482. The molecule has 0 amide bonds. The van der Waals surface area contributed by atoms with E-state index in [9.17, 15) is 0 Å². The SMILES string of the molecule is C=C1OCCC(CC)CO1. The molecule has 1 rings (SSSR count). The van der Waals surface area contributed by atoms with Crippen molar-refractivity contribution in [2.24, 2.45) is 5.92 Å². The van der Waals surface area contributed by atoms with Crippen LogP contribution in [0, 0.1) is 5.92 Å². The molecule has 0 N–H and O–H groups in total. The molecule has 1 saturated heterocycles. The zero-order chi connectivity index (χ0) is 7.40. The summed E-state index contributed by atoms with van der Waals surface area (Å²) in [5, 5.41) is 0. The van der Waals surface area contributed by atoms with Gasteiger partial charge in [-0.05, 0) is 25.3 Å². The van der Waals surface area contributed by atoms with Gasteiger partial charge in [0.15, 0.2) is 0 Å². The predicted molar refractivity (Wildman–Crippen MR) is 39.4 cm³/mol. The third-order valence-corrected chi connectivity index (χ3v) is 1.85. The van der Waals surface area contributed by atoms with Gasteiger partial charge in [-0.2, -0.15) is 0 Å². The van der Waals surface area contributed by atoms with Crippen molar-refractivity contribution in [2.75, 3.05) is 13.2 Å². The Hall–Kier alpha value is -0.660. The molecule has 1 atom stereocenters. The molecule has 0 aliphatic carbocycles. The molecule has 2 heteroatoms. The second-order valence-electron chi connectivity index (χ2n) is 2.59. The van der Waals surface area contributed by atoms with E-state index in [0.29, 0.717) is 11.9 Å². The van der Waals surface area contributed by atoms with Crippen molar-refractivity contribution in [1.82, 2.24) is 0 Å². The highest BCUT2D eigenvalue weighted by Crippen LogP contribution is 2.15. The lowest BCUT2D eigenvalue weighted by molar-refractivity contribution is 0.0589. The molecule has 1 aliphatic heterocycles. The Labute approximate surface area is 61.8 Å². The highest BCUT2D eigenvalue weighted by Gasteiger charge is 2.12. The fraction of sp³-hybridized carbons (Fsp3) is 0.750. The summed E-state index contributed by atoms with van der Waals surface area (Å²) in [7, 11) is 0. The van der Waals surface area contributed by atoms with Gasteiger partial charge in [0.1, 0.15) is 0 Å². The molecule has 0 spiro atoms. The molecule has 1 unspecified atom stereocenters. The van der Waals surface area contributed by atoms with E-state index >= 15 is 0 Å². The summed E-state index contributed by atoms with van der Waals surface area (Å²) >= 11 is 0. The maximum Gasteiger partial charge on any atom is 0.271 e. The number of rotatable bonds is 1. The van der Waals surface area contributed by atoms with Gasteiger partial charge >= 0.3 is 0 Å².